The van der Waals surface area contributed by atoms with Gasteiger partial charge in [-0.15, -0.1) is 0 Å². The van der Waals surface area contributed by atoms with Gasteiger partial charge in [0, 0.05) is 17.6 Å². The molecule has 1 aromatic rings. The van der Waals surface area contributed by atoms with Crippen molar-refractivity contribution in [3.8, 4) is 0 Å². The third-order valence-electron chi connectivity index (χ3n) is 3.59. The number of anilines is 1. The highest BCUT2D eigenvalue weighted by atomic mass is 35.5. The van der Waals surface area contributed by atoms with Gasteiger partial charge in [-0.1, -0.05) is 18.5 Å². The second kappa shape index (κ2) is 5.66. The summed E-state index contributed by atoms with van der Waals surface area (Å²) in [6.45, 7) is 2.48. The zero-order chi connectivity index (χ0) is 14.9. The molecular formula is C13H15ClN2O4. The van der Waals surface area contributed by atoms with Crippen molar-refractivity contribution in [1.29, 1.82) is 0 Å². The lowest BCUT2D eigenvalue weighted by molar-refractivity contribution is -0.384. The third kappa shape index (κ3) is 2.85. The molecule has 7 heteroatoms. The molecule has 1 aliphatic rings. The van der Waals surface area contributed by atoms with E-state index in [-0.39, 0.29) is 10.7 Å². The summed E-state index contributed by atoms with van der Waals surface area (Å²) in [6, 6.07) is 3.58. The first-order valence-electron chi connectivity index (χ1n) is 6.33. The highest BCUT2D eigenvalue weighted by Crippen LogP contribution is 2.36. The van der Waals surface area contributed by atoms with E-state index in [1.807, 2.05) is 6.92 Å². The van der Waals surface area contributed by atoms with Crippen molar-refractivity contribution in [3.05, 3.63) is 33.3 Å². The topological polar surface area (TPSA) is 83.7 Å². The van der Waals surface area contributed by atoms with E-state index in [0.717, 1.165) is 6.42 Å². The molecule has 0 aliphatic carbocycles. The first-order valence-corrected chi connectivity index (χ1v) is 6.71. The van der Waals surface area contributed by atoms with E-state index < -0.39 is 16.9 Å². The minimum Gasteiger partial charge on any atom is -0.480 e. The van der Waals surface area contributed by atoms with E-state index in [1.54, 1.807) is 11.0 Å². The summed E-state index contributed by atoms with van der Waals surface area (Å²) in [7, 11) is 0. The summed E-state index contributed by atoms with van der Waals surface area (Å²) in [5.74, 6) is -0.667. The van der Waals surface area contributed by atoms with Crippen LogP contribution in [0.2, 0.25) is 5.02 Å². The average molecular weight is 299 g/mol. The van der Waals surface area contributed by atoms with E-state index in [0.29, 0.717) is 24.6 Å². The largest absolute Gasteiger partial charge is 0.480 e. The van der Waals surface area contributed by atoms with Crippen LogP contribution in [0, 0.1) is 16.0 Å². The van der Waals surface area contributed by atoms with E-state index in [9.17, 15) is 20.0 Å². The molecule has 1 saturated heterocycles. The van der Waals surface area contributed by atoms with Crippen molar-refractivity contribution in [1.82, 2.24) is 0 Å². The normalized spacial score (nSPS) is 22.6. The predicted molar refractivity (Wildman–Crippen MR) is 75.3 cm³/mol. The number of rotatable bonds is 3. The highest BCUT2D eigenvalue weighted by molar-refractivity contribution is 6.30. The summed E-state index contributed by atoms with van der Waals surface area (Å²) in [5, 5.41) is 20.7. The lowest BCUT2D eigenvalue weighted by Crippen LogP contribution is -2.47. The molecule has 1 aliphatic heterocycles. The van der Waals surface area contributed by atoms with Crippen molar-refractivity contribution in [2.24, 2.45) is 5.92 Å². The lowest BCUT2D eigenvalue weighted by atomic mass is 9.92. The minimum atomic E-state index is -0.958. The molecule has 1 N–H and O–H groups in total. The zero-order valence-corrected chi connectivity index (χ0v) is 11.7. The maximum absolute atomic E-state index is 11.4. The van der Waals surface area contributed by atoms with Crippen molar-refractivity contribution in [2.75, 3.05) is 11.4 Å². The van der Waals surface area contributed by atoms with Crippen LogP contribution in [-0.4, -0.2) is 28.6 Å². The Morgan fingerprint density at radius 2 is 2.25 bits per heavy atom. The van der Waals surface area contributed by atoms with Gasteiger partial charge in [0.2, 0.25) is 0 Å². The fourth-order valence-corrected chi connectivity index (χ4v) is 2.72. The molecule has 2 atom stereocenters. The van der Waals surface area contributed by atoms with Gasteiger partial charge in [0.05, 0.1) is 4.92 Å². The van der Waals surface area contributed by atoms with Gasteiger partial charge in [-0.05, 0) is 30.9 Å². The molecule has 20 heavy (non-hydrogen) atoms. The molecule has 108 valence electrons. The Morgan fingerprint density at radius 1 is 1.55 bits per heavy atom. The SMILES string of the molecule is CC1CCN(c2ccc(Cl)cc2[N+](=O)[O-])C(C(=O)O)C1. The van der Waals surface area contributed by atoms with Crippen LogP contribution >= 0.6 is 11.6 Å². The molecule has 6 nitrogen and oxygen atoms in total. The van der Waals surface area contributed by atoms with Gasteiger partial charge in [0.1, 0.15) is 11.7 Å². The second-order valence-corrected chi connectivity index (χ2v) is 5.50. The second-order valence-electron chi connectivity index (χ2n) is 5.07. The van der Waals surface area contributed by atoms with Crippen LogP contribution in [0.3, 0.4) is 0 Å². The van der Waals surface area contributed by atoms with E-state index in [1.165, 1.54) is 12.1 Å². The van der Waals surface area contributed by atoms with Gasteiger partial charge in [-0.25, -0.2) is 4.79 Å². The van der Waals surface area contributed by atoms with Gasteiger partial charge in [0.15, 0.2) is 0 Å². The Bertz CT molecular complexity index is 549. The summed E-state index contributed by atoms with van der Waals surface area (Å²) in [5.41, 5.74) is 0.164. The fraction of sp³-hybridized carbons (Fsp3) is 0.462. The number of carboxylic acid groups (broad SMARTS) is 1. The van der Waals surface area contributed by atoms with Crippen molar-refractivity contribution in [2.45, 2.75) is 25.8 Å². The number of nitrogens with zero attached hydrogens (tertiary/aromatic N) is 2. The number of hydrogen-bond acceptors (Lipinski definition) is 4. The van der Waals surface area contributed by atoms with Gasteiger partial charge >= 0.3 is 5.97 Å². The number of halogens is 1. The zero-order valence-electron chi connectivity index (χ0n) is 11.0. The molecule has 0 saturated carbocycles. The van der Waals surface area contributed by atoms with Crippen molar-refractivity contribution >= 4 is 28.9 Å². The Morgan fingerprint density at radius 3 is 2.85 bits per heavy atom. The Balaban J connectivity index is 2.43. The van der Waals surface area contributed by atoms with Crippen LogP contribution in [-0.2, 0) is 4.79 Å². The Kier molecular flexibility index (Phi) is 4.13. The quantitative estimate of drug-likeness (QED) is 0.685. The van der Waals surface area contributed by atoms with Crippen LogP contribution in [0.1, 0.15) is 19.8 Å². The van der Waals surface area contributed by atoms with E-state index in [2.05, 4.69) is 0 Å². The van der Waals surface area contributed by atoms with E-state index in [4.69, 9.17) is 11.6 Å². The summed E-state index contributed by atoms with van der Waals surface area (Å²) in [4.78, 5) is 23.6. The van der Waals surface area contributed by atoms with Crippen LogP contribution in [0.5, 0.6) is 0 Å². The standard InChI is InChI=1S/C13H15ClN2O4/c1-8-4-5-15(12(6-8)13(17)18)10-3-2-9(14)7-11(10)16(19)20/h2-3,7-8,12H,4-6H2,1H3,(H,17,18). The van der Waals surface area contributed by atoms with Gasteiger partial charge in [0.25, 0.3) is 5.69 Å². The fourth-order valence-electron chi connectivity index (χ4n) is 2.55. The lowest BCUT2D eigenvalue weighted by Gasteiger charge is -2.37. The van der Waals surface area contributed by atoms with E-state index >= 15 is 0 Å². The van der Waals surface area contributed by atoms with Crippen LogP contribution < -0.4 is 4.90 Å². The number of carbonyl (C=O) groups is 1. The first-order chi connectivity index (χ1) is 9.40. The number of carboxylic acids is 1. The number of nitro groups is 1. The molecule has 0 aromatic heterocycles. The van der Waals surface area contributed by atoms with Gasteiger partial charge in [-0.2, -0.15) is 0 Å². The van der Waals surface area contributed by atoms with Crippen LogP contribution in [0.15, 0.2) is 18.2 Å². The number of benzene rings is 1. The molecule has 2 unspecified atom stereocenters. The Labute approximate surface area is 121 Å². The molecular weight excluding hydrogens is 284 g/mol. The number of aliphatic carboxylic acids is 1. The van der Waals surface area contributed by atoms with Gasteiger partial charge < -0.3 is 10.0 Å². The molecule has 0 amide bonds. The molecule has 1 heterocycles. The highest BCUT2D eigenvalue weighted by Gasteiger charge is 2.34. The van der Waals surface area contributed by atoms with Crippen molar-refractivity contribution < 1.29 is 14.8 Å². The molecule has 2 rings (SSSR count). The molecule has 0 spiro atoms. The summed E-state index contributed by atoms with van der Waals surface area (Å²) in [6.07, 6.45) is 1.29. The maximum atomic E-state index is 11.4. The molecule has 0 bridgehead atoms. The first kappa shape index (κ1) is 14.6. The maximum Gasteiger partial charge on any atom is 0.326 e. The molecule has 1 aromatic carbocycles. The number of nitro benzene ring substituents is 1. The average Bonchev–Trinajstić information content (AvgIpc) is 2.38. The number of piperidine rings is 1. The van der Waals surface area contributed by atoms with Crippen LogP contribution in [0.4, 0.5) is 11.4 Å². The van der Waals surface area contributed by atoms with Gasteiger partial charge in [-0.3, -0.25) is 10.1 Å². The number of hydrogen-bond donors (Lipinski definition) is 1. The van der Waals surface area contributed by atoms with Crippen LogP contribution in [0.25, 0.3) is 0 Å². The minimum absolute atomic E-state index is 0.154. The predicted octanol–water partition coefficient (Wildman–Crippen LogP) is 2.94. The monoisotopic (exact) mass is 298 g/mol. The molecule has 0 radical (unpaired) electrons. The smallest absolute Gasteiger partial charge is 0.326 e. The van der Waals surface area contributed by atoms with Crippen molar-refractivity contribution in [3.63, 3.8) is 0 Å². The third-order valence-corrected chi connectivity index (χ3v) is 3.83. The summed E-state index contributed by atoms with van der Waals surface area (Å²) >= 11 is 5.78. The molecule has 1 fully saturated rings. The summed E-state index contributed by atoms with van der Waals surface area (Å²) < 4.78 is 0. The Hall–Kier alpha value is -1.82.